The minimum Gasteiger partial charge on any atom is -0.474 e. The van der Waals surface area contributed by atoms with Crippen LogP contribution in [0.4, 0.5) is 0 Å². The Bertz CT molecular complexity index is 689. The lowest BCUT2D eigenvalue weighted by Crippen LogP contribution is -2.44. The fourth-order valence-electron chi connectivity index (χ4n) is 3.78. The van der Waals surface area contributed by atoms with Crippen LogP contribution in [-0.4, -0.2) is 21.6 Å². The van der Waals surface area contributed by atoms with Crippen molar-refractivity contribution in [2.75, 3.05) is 0 Å². The van der Waals surface area contributed by atoms with Crippen LogP contribution in [0.3, 0.4) is 0 Å². The molecule has 2 aliphatic rings. The molecule has 2 N–H and O–H groups in total. The van der Waals surface area contributed by atoms with Crippen LogP contribution in [0.15, 0.2) is 6.33 Å². The van der Waals surface area contributed by atoms with E-state index in [0.29, 0.717) is 0 Å². The smallest absolute Gasteiger partial charge is 0.225 e. The van der Waals surface area contributed by atoms with Crippen molar-refractivity contribution in [3.8, 4) is 5.88 Å². The lowest BCUT2D eigenvalue weighted by atomic mass is 9.79. The third-order valence-corrected chi connectivity index (χ3v) is 6.58. The lowest BCUT2D eigenvalue weighted by Gasteiger charge is -2.36. The molecule has 0 aromatic carbocycles. The Balaban J connectivity index is 1.58. The van der Waals surface area contributed by atoms with Crippen molar-refractivity contribution in [1.29, 1.82) is 0 Å². The number of ether oxygens (including phenoxy) is 1. The molecule has 1 saturated carbocycles. The van der Waals surface area contributed by atoms with E-state index in [1.165, 1.54) is 28.7 Å². The van der Waals surface area contributed by atoms with Crippen molar-refractivity contribution < 1.29 is 4.74 Å². The molecule has 0 unspecified atom stereocenters. The van der Waals surface area contributed by atoms with Crippen LogP contribution >= 0.6 is 11.3 Å². The van der Waals surface area contributed by atoms with Gasteiger partial charge in [-0.1, -0.05) is 6.92 Å². The Morgan fingerprint density at radius 3 is 2.91 bits per heavy atom. The first-order valence-corrected chi connectivity index (χ1v) is 9.21. The largest absolute Gasteiger partial charge is 0.474 e. The molecule has 4 rings (SSSR count). The molecule has 2 aliphatic carbocycles. The minimum absolute atomic E-state index is 0.0183. The van der Waals surface area contributed by atoms with Crippen LogP contribution in [0.2, 0.25) is 0 Å². The zero-order valence-corrected chi connectivity index (χ0v) is 13.9. The molecule has 2 aromatic rings. The van der Waals surface area contributed by atoms with Gasteiger partial charge in [-0.15, -0.1) is 11.3 Å². The first kappa shape index (κ1) is 14.4. The van der Waals surface area contributed by atoms with E-state index in [2.05, 4.69) is 16.9 Å². The standard InChI is InChI=1S/C17H23N3OS/c1-2-17(18)8-6-11(7-9-17)21-15-14-12-4-3-5-13(12)22-16(14)20-10-19-15/h10-11H,2-9,18H2,1H3. The topological polar surface area (TPSA) is 61.0 Å². The highest BCUT2D eigenvalue weighted by Crippen LogP contribution is 2.41. The number of hydrogen-bond donors (Lipinski definition) is 1. The molecule has 118 valence electrons. The maximum atomic E-state index is 6.38. The second kappa shape index (κ2) is 5.46. The summed E-state index contributed by atoms with van der Waals surface area (Å²) in [5, 5.41) is 1.18. The molecule has 0 saturated heterocycles. The monoisotopic (exact) mass is 317 g/mol. The van der Waals surface area contributed by atoms with Crippen molar-refractivity contribution in [2.45, 2.75) is 69.9 Å². The van der Waals surface area contributed by atoms with Crippen molar-refractivity contribution in [1.82, 2.24) is 9.97 Å². The summed E-state index contributed by atoms with van der Waals surface area (Å²) in [5.74, 6) is 0.801. The average Bonchev–Trinajstić information content (AvgIpc) is 3.10. The van der Waals surface area contributed by atoms with Gasteiger partial charge in [0.25, 0.3) is 0 Å². The van der Waals surface area contributed by atoms with Crippen molar-refractivity contribution >= 4 is 21.6 Å². The van der Waals surface area contributed by atoms with E-state index < -0.39 is 0 Å². The van der Waals surface area contributed by atoms with E-state index in [-0.39, 0.29) is 11.6 Å². The van der Waals surface area contributed by atoms with Gasteiger partial charge in [-0.25, -0.2) is 9.97 Å². The maximum absolute atomic E-state index is 6.38. The summed E-state index contributed by atoms with van der Waals surface area (Å²) >= 11 is 1.81. The van der Waals surface area contributed by atoms with Crippen LogP contribution < -0.4 is 10.5 Å². The number of hydrogen-bond acceptors (Lipinski definition) is 5. The fourth-order valence-corrected chi connectivity index (χ4v) is 5.00. The van der Waals surface area contributed by atoms with Gasteiger partial charge in [-0.2, -0.15) is 0 Å². The van der Waals surface area contributed by atoms with Gasteiger partial charge in [0.05, 0.1) is 5.39 Å². The predicted molar refractivity (Wildman–Crippen MR) is 89.5 cm³/mol. The summed E-state index contributed by atoms with van der Waals surface area (Å²) in [6.07, 6.45) is 10.7. The van der Waals surface area contributed by atoms with Crippen LogP contribution in [0.25, 0.3) is 10.2 Å². The zero-order chi connectivity index (χ0) is 15.2. The highest BCUT2D eigenvalue weighted by atomic mass is 32.1. The Hall–Kier alpha value is -1.20. The Morgan fingerprint density at radius 1 is 1.32 bits per heavy atom. The number of nitrogens with zero attached hydrogens (tertiary/aromatic N) is 2. The molecule has 4 nitrogen and oxygen atoms in total. The van der Waals surface area contributed by atoms with Gasteiger partial charge in [0.15, 0.2) is 0 Å². The van der Waals surface area contributed by atoms with Gasteiger partial charge in [0.2, 0.25) is 5.88 Å². The summed E-state index contributed by atoms with van der Waals surface area (Å²) in [6, 6.07) is 0. The molecule has 0 radical (unpaired) electrons. The molecular weight excluding hydrogens is 294 g/mol. The zero-order valence-electron chi connectivity index (χ0n) is 13.1. The Labute approximate surface area is 135 Å². The van der Waals surface area contributed by atoms with Gasteiger partial charge < -0.3 is 10.5 Å². The van der Waals surface area contributed by atoms with Gasteiger partial charge in [-0.3, -0.25) is 0 Å². The molecule has 0 amide bonds. The minimum atomic E-state index is 0.0183. The van der Waals surface area contributed by atoms with Crippen LogP contribution in [0.1, 0.15) is 55.9 Å². The summed E-state index contributed by atoms with van der Waals surface area (Å²) in [6.45, 7) is 2.18. The quantitative estimate of drug-likeness (QED) is 0.939. The van der Waals surface area contributed by atoms with E-state index in [9.17, 15) is 0 Å². The second-order valence-corrected chi connectivity index (χ2v) is 7.83. The van der Waals surface area contributed by atoms with Crippen LogP contribution in [0, 0.1) is 0 Å². The number of aryl methyl sites for hydroxylation is 2. The molecule has 0 spiro atoms. The summed E-state index contributed by atoms with van der Waals surface area (Å²) in [7, 11) is 0. The third kappa shape index (κ3) is 2.40. The van der Waals surface area contributed by atoms with Crippen molar-refractivity contribution in [3.63, 3.8) is 0 Å². The lowest BCUT2D eigenvalue weighted by molar-refractivity contribution is 0.113. The summed E-state index contributed by atoms with van der Waals surface area (Å²) in [5.41, 5.74) is 7.84. The molecule has 1 fully saturated rings. The molecule has 0 aliphatic heterocycles. The molecule has 0 atom stereocenters. The Kier molecular flexibility index (Phi) is 3.57. The summed E-state index contributed by atoms with van der Waals surface area (Å²) in [4.78, 5) is 11.5. The SMILES string of the molecule is CCC1(N)CCC(Oc2ncnc3sc4c(c23)CCC4)CC1. The number of aromatic nitrogens is 2. The van der Waals surface area contributed by atoms with Gasteiger partial charge in [0.1, 0.15) is 17.3 Å². The number of rotatable bonds is 3. The number of thiophene rings is 1. The third-order valence-electron chi connectivity index (χ3n) is 5.38. The fraction of sp³-hybridized carbons (Fsp3) is 0.647. The Morgan fingerprint density at radius 2 is 2.14 bits per heavy atom. The van der Waals surface area contributed by atoms with E-state index in [1.807, 2.05) is 11.3 Å². The molecule has 2 heterocycles. The predicted octanol–water partition coefficient (Wildman–Crippen LogP) is 3.61. The van der Waals surface area contributed by atoms with E-state index in [1.54, 1.807) is 6.33 Å². The van der Waals surface area contributed by atoms with Gasteiger partial charge in [0, 0.05) is 10.4 Å². The molecular formula is C17H23N3OS. The first-order chi connectivity index (χ1) is 10.7. The highest BCUT2D eigenvalue weighted by molar-refractivity contribution is 7.18. The normalized spacial score (nSPS) is 28.0. The van der Waals surface area contributed by atoms with E-state index in [4.69, 9.17) is 10.5 Å². The van der Waals surface area contributed by atoms with Crippen LogP contribution in [-0.2, 0) is 12.8 Å². The van der Waals surface area contributed by atoms with E-state index in [0.717, 1.165) is 49.2 Å². The molecule has 22 heavy (non-hydrogen) atoms. The average molecular weight is 317 g/mol. The van der Waals surface area contributed by atoms with Gasteiger partial charge >= 0.3 is 0 Å². The summed E-state index contributed by atoms with van der Waals surface area (Å²) < 4.78 is 6.29. The maximum Gasteiger partial charge on any atom is 0.225 e. The van der Waals surface area contributed by atoms with Crippen molar-refractivity contribution in [3.05, 3.63) is 16.8 Å². The molecule has 5 heteroatoms. The molecule has 0 bridgehead atoms. The van der Waals surface area contributed by atoms with Crippen LogP contribution in [0.5, 0.6) is 5.88 Å². The molecule has 2 aromatic heterocycles. The van der Waals surface area contributed by atoms with E-state index >= 15 is 0 Å². The van der Waals surface area contributed by atoms with Crippen molar-refractivity contribution in [2.24, 2.45) is 5.73 Å². The number of nitrogens with two attached hydrogens (primary N) is 1. The first-order valence-electron chi connectivity index (χ1n) is 8.39. The highest BCUT2D eigenvalue weighted by Gasteiger charge is 2.32. The number of fused-ring (bicyclic) bond motifs is 3. The second-order valence-electron chi connectivity index (χ2n) is 6.75. The van der Waals surface area contributed by atoms with Gasteiger partial charge in [-0.05, 0) is 56.9 Å².